The van der Waals surface area contributed by atoms with Gasteiger partial charge in [0.25, 0.3) is 0 Å². The van der Waals surface area contributed by atoms with E-state index in [1.807, 2.05) is 13.8 Å². The van der Waals surface area contributed by atoms with Gasteiger partial charge in [-0.15, -0.1) is 0 Å². The summed E-state index contributed by atoms with van der Waals surface area (Å²) >= 11 is 5.70. The second-order valence-electron chi connectivity index (χ2n) is 2.70. The molecule has 3 nitrogen and oxygen atoms in total. The molecule has 0 aromatic carbocycles. The molecule has 1 rings (SSSR count). The first kappa shape index (κ1) is 9.13. The SMILES string of the molecule is CC(C)Oc1cc(Cl)cnc1N. The third kappa shape index (κ3) is 2.27. The van der Waals surface area contributed by atoms with Crippen molar-refractivity contribution in [3.8, 4) is 5.75 Å². The van der Waals surface area contributed by atoms with E-state index < -0.39 is 0 Å². The average Bonchev–Trinajstić information content (AvgIpc) is 1.96. The van der Waals surface area contributed by atoms with Crippen molar-refractivity contribution in [1.82, 2.24) is 4.98 Å². The summed E-state index contributed by atoms with van der Waals surface area (Å²) in [4.78, 5) is 3.85. The van der Waals surface area contributed by atoms with Crippen molar-refractivity contribution in [3.63, 3.8) is 0 Å². The van der Waals surface area contributed by atoms with Crippen LogP contribution in [-0.2, 0) is 0 Å². The average molecular weight is 187 g/mol. The number of halogens is 1. The maximum atomic E-state index is 5.70. The summed E-state index contributed by atoms with van der Waals surface area (Å²) in [6.07, 6.45) is 1.57. The number of anilines is 1. The van der Waals surface area contributed by atoms with Crippen molar-refractivity contribution >= 4 is 17.4 Å². The Bertz CT molecular complexity index is 276. The first-order chi connectivity index (χ1) is 5.59. The molecule has 0 fully saturated rings. The predicted molar refractivity (Wildman–Crippen MR) is 49.4 cm³/mol. The minimum Gasteiger partial charge on any atom is -0.487 e. The van der Waals surface area contributed by atoms with Gasteiger partial charge in [0, 0.05) is 12.3 Å². The molecule has 0 spiro atoms. The van der Waals surface area contributed by atoms with Crippen LogP contribution in [0, 0.1) is 0 Å². The minimum absolute atomic E-state index is 0.0765. The van der Waals surface area contributed by atoms with E-state index in [2.05, 4.69) is 4.98 Å². The Morgan fingerprint density at radius 1 is 1.58 bits per heavy atom. The van der Waals surface area contributed by atoms with E-state index in [0.29, 0.717) is 16.6 Å². The lowest BCUT2D eigenvalue weighted by atomic mass is 10.4. The molecule has 0 radical (unpaired) electrons. The summed E-state index contributed by atoms with van der Waals surface area (Å²) in [7, 11) is 0. The van der Waals surface area contributed by atoms with E-state index in [4.69, 9.17) is 22.1 Å². The summed E-state index contributed by atoms with van der Waals surface area (Å²) in [5.74, 6) is 0.908. The van der Waals surface area contributed by atoms with E-state index in [0.717, 1.165) is 0 Å². The maximum Gasteiger partial charge on any atom is 0.166 e. The number of nitrogen functional groups attached to an aromatic ring is 1. The van der Waals surface area contributed by atoms with E-state index in [1.54, 1.807) is 6.07 Å². The number of hydrogen-bond acceptors (Lipinski definition) is 3. The monoisotopic (exact) mass is 186 g/mol. The third-order valence-corrected chi connectivity index (χ3v) is 1.42. The summed E-state index contributed by atoms with van der Waals surface area (Å²) in [5, 5.41) is 0.528. The van der Waals surface area contributed by atoms with Crippen molar-refractivity contribution in [3.05, 3.63) is 17.3 Å². The van der Waals surface area contributed by atoms with Gasteiger partial charge in [-0.25, -0.2) is 4.98 Å². The zero-order chi connectivity index (χ0) is 9.14. The van der Waals surface area contributed by atoms with Gasteiger partial charge in [-0.3, -0.25) is 0 Å². The number of pyridine rings is 1. The molecule has 0 bridgehead atoms. The van der Waals surface area contributed by atoms with Gasteiger partial charge in [-0.1, -0.05) is 11.6 Å². The van der Waals surface area contributed by atoms with E-state index in [1.165, 1.54) is 6.20 Å². The van der Waals surface area contributed by atoms with Crippen LogP contribution in [0.15, 0.2) is 12.3 Å². The number of aromatic nitrogens is 1. The van der Waals surface area contributed by atoms with Crippen LogP contribution in [0.3, 0.4) is 0 Å². The van der Waals surface area contributed by atoms with Gasteiger partial charge in [0.1, 0.15) is 0 Å². The molecule has 0 unspecified atom stereocenters. The van der Waals surface area contributed by atoms with Crippen molar-refractivity contribution < 1.29 is 4.74 Å². The van der Waals surface area contributed by atoms with Crippen LogP contribution in [0.5, 0.6) is 5.75 Å². The van der Waals surface area contributed by atoms with Crippen LogP contribution in [0.2, 0.25) is 5.02 Å². The second kappa shape index (κ2) is 3.63. The normalized spacial score (nSPS) is 10.3. The Hall–Kier alpha value is -0.960. The Labute approximate surface area is 76.5 Å². The lowest BCUT2D eigenvalue weighted by Crippen LogP contribution is -2.08. The fraction of sp³-hybridized carbons (Fsp3) is 0.375. The highest BCUT2D eigenvalue weighted by molar-refractivity contribution is 6.30. The van der Waals surface area contributed by atoms with Crippen LogP contribution in [0.4, 0.5) is 5.82 Å². The number of nitrogens with zero attached hydrogens (tertiary/aromatic N) is 1. The fourth-order valence-corrected chi connectivity index (χ4v) is 0.927. The zero-order valence-electron chi connectivity index (χ0n) is 7.04. The quantitative estimate of drug-likeness (QED) is 0.770. The van der Waals surface area contributed by atoms with Gasteiger partial charge in [-0.2, -0.15) is 0 Å². The second-order valence-corrected chi connectivity index (χ2v) is 3.14. The maximum absolute atomic E-state index is 5.70. The number of hydrogen-bond donors (Lipinski definition) is 1. The van der Waals surface area contributed by atoms with E-state index in [9.17, 15) is 0 Å². The molecule has 0 aliphatic carbocycles. The molecular formula is C8H11ClN2O. The Kier molecular flexibility index (Phi) is 2.76. The molecule has 12 heavy (non-hydrogen) atoms. The summed E-state index contributed by atoms with van der Waals surface area (Å²) in [6, 6.07) is 1.66. The van der Waals surface area contributed by atoms with Gasteiger partial charge in [0.05, 0.1) is 11.1 Å². The molecule has 66 valence electrons. The molecule has 0 saturated carbocycles. The third-order valence-electron chi connectivity index (χ3n) is 1.21. The molecule has 1 heterocycles. The van der Waals surface area contributed by atoms with Gasteiger partial charge in [0.15, 0.2) is 11.6 Å². The van der Waals surface area contributed by atoms with Crippen LogP contribution in [-0.4, -0.2) is 11.1 Å². The van der Waals surface area contributed by atoms with Gasteiger partial charge < -0.3 is 10.5 Å². The molecule has 0 amide bonds. The number of ether oxygens (including phenoxy) is 1. The minimum atomic E-state index is 0.0765. The highest BCUT2D eigenvalue weighted by Crippen LogP contribution is 2.23. The summed E-state index contributed by atoms with van der Waals surface area (Å²) < 4.78 is 5.35. The first-order valence-electron chi connectivity index (χ1n) is 3.67. The molecule has 1 aromatic heterocycles. The summed E-state index contributed by atoms with van der Waals surface area (Å²) in [5.41, 5.74) is 5.54. The molecule has 2 N–H and O–H groups in total. The molecule has 4 heteroatoms. The zero-order valence-corrected chi connectivity index (χ0v) is 7.80. The Morgan fingerprint density at radius 3 is 2.83 bits per heavy atom. The molecule has 0 saturated heterocycles. The molecule has 0 aliphatic rings. The topological polar surface area (TPSA) is 48.1 Å². The Morgan fingerprint density at radius 2 is 2.25 bits per heavy atom. The van der Waals surface area contributed by atoms with Crippen molar-refractivity contribution in [1.29, 1.82) is 0 Å². The van der Waals surface area contributed by atoms with Crippen LogP contribution >= 0.6 is 11.6 Å². The smallest absolute Gasteiger partial charge is 0.166 e. The Balaban J connectivity index is 2.90. The van der Waals surface area contributed by atoms with Crippen LogP contribution < -0.4 is 10.5 Å². The van der Waals surface area contributed by atoms with Crippen LogP contribution in [0.1, 0.15) is 13.8 Å². The van der Waals surface area contributed by atoms with Crippen molar-refractivity contribution in [2.75, 3.05) is 5.73 Å². The van der Waals surface area contributed by atoms with Crippen LogP contribution in [0.25, 0.3) is 0 Å². The van der Waals surface area contributed by atoms with E-state index >= 15 is 0 Å². The lowest BCUT2D eigenvalue weighted by Gasteiger charge is -2.10. The molecule has 0 aliphatic heterocycles. The standard InChI is InChI=1S/C8H11ClN2O/c1-5(2)12-7-3-6(9)4-11-8(7)10/h3-5H,1-2H3,(H2,10,11). The van der Waals surface area contributed by atoms with Crippen molar-refractivity contribution in [2.24, 2.45) is 0 Å². The summed E-state index contributed by atoms with van der Waals surface area (Å²) in [6.45, 7) is 3.83. The van der Waals surface area contributed by atoms with Gasteiger partial charge >= 0.3 is 0 Å². The molecular weight excluding hydrogens is 176 g/mol. The highest BCUT2D eigenvalue weighted by Gasteiger charge is 2.04. The molecule has 0 atom stereocenters. The predicted octanol–water partition coefficient (Wildman–Crippen LogP) is 2.10. The van der Waals surface area contributed by atoms with Crippen molar-refractivity contribution in [2.45, 2.75) is 20.0 Å². The van der Waals surface area contributed by atoms with Gasteiger partial charge in [-0.05, 0) is 13.8 Å². The van der Waals surface area contributed by atoms with E-state index in [-0.39, 0.29) is 6.10 Å². The first-order valence-corrected chi connectivity index (χ1v) is 4.05. The number of rotatable bonds is 2. The number of nitrogens with two attached hydrogens (primary N) is 1. The highest BCUT2D eigenvalue weighted by atomic mass is 35.5. The largest absolute Gasteiger partial charge is 0.487 e. The molecule has 1 aromatic rings. The lowest BCUT2D eigenvalue weighted by molar-refractivity contribution is 0.243. The van der Waals surface area contributed by atoms with Gasteiger partial charge in [0.2, 0.25) is 0 Å². The fourth-order valence-electron chi connectivity index (χ4n) is 0.780.